The Morgan fingerprint density at radius 1 is 1.14 bits per heavy atom. The normalized spacial score (nSPS) is 11.3. The Morgan fingerprint density at radius 2 is 2.00 bits per heavy atom. The minimum absolute atomic E-state index is 0.620. The molecule has 0 bridgehead atoms. The van der Waals surface area contributed by atoms with Crippen molar-refractivity contribution in [1.82, 2.24) is 0 Å². The second-order valence-electron chi connectivity index (χ2n) is 2.76. The summed E-state index contributed by atoms with van der Waals surface area (Å²) in [5.74, 6) is 6.03. The van der Waals surface area contributed by atoms with Crippen LogP contribution in [0.4, 0.5) is 0 Å². The smallest absolute Gasteiger partial charge is 0.0127 e. The molecule has 0 aromatic rings. The van der Waals surface area contributed by atoms with Crippen molar-refractivity contribution in [3.8, 4) is 11.8 Å². The van der Waals surface area contributed by atoms with Gasteiger partial charge in [-0.05, 0) is 18.9 Å². The molecule has 1 nitrogen and oxygen atoms in total. The third-order valence-electron chi connectivity index (χ3n) is 1.50. The molecular weight excluding hydrogens is 170 g/mol. The molecule has 1 heteroatoms. The lowest BCUT2D eigenvalue weighted by molar-refractivity contribution is 1.07. The largest absolute Gasteiger partial charge is 0.327 e. The Labute approximate surface area is 87.4 Å². The van der Waals surface area contributed by atoms with E-state index in [4.69, 9.17) is 5.73 Å². The minimum atomic E-state index is 0.620. The maximum Gasteiger partial charge on any atom is 0.0127 e. The van der Waals surface area contributed by atoms with Gasteiger partial charge in [0.15, 0.2) is 0 Å². The van der Waals surface area contributed by atoms with Crippen molar-refractivity contribution in [2.75, 3.05) is 6.54 Å². The average Bonchev–Trinajstić information content (AvgIpc) is 2.21. The second-order valence-corrected chi connectivity index (χ2v) is 2.76. The lowest BCUT2D eigenvalue weighted by Gasteiger charge is -1.81. The van der Waals surface area contributed by atoms with Crippen molar-refractivity contribution < 1.29 is 0 Å². The average molecular weight is 189 g/mol. The molecule has 2 N–H and O–H groups in total. The molecule has 0 aliphatic heterocycles. The zero-order chi connectivity index (χ0) is 10.5. The Bertz CT molecular complexity index is 248. The maximum absolute atomic E-state index is 5.30. The van der Waals surface area contributed by atoms with E-state index in [1.165, 1.54) is 0 Å². The number of rotatable bonds is 5. The third kappa shape index (κ3) is 10.7. The van der Waals surface area contributed by atoms with E-state index in [1.54, 1.807) is 0 Å². The number of unbranched alkanes of at least 4 members (excludes halogenated alkanes) is 1. The molecule has 0 rings (SSSR count). The molecule has 0 saturated carbocycles. The first-order valence-corrected chi connectivity index (χ1v) is 5.07. The SMILES string of the molecule is CC/C=C/C=C/C#CCC/C=C\CN. The monoisotopic (exact) mass is 189 g/mol. The maximum atomic E-state index is 5.30. The van der Waals surface area contributed by atoms with Crippen LogP contribution < -0.4 is 5.73 Å². The Kier molecular flexibility index (Phi) is 10.7. The molecule has 0 heterocycles. The van der Waals surface area contributed by atoms with Crippen molar-refractivity contribution in [3.63, 3.8) is 0 Å². The summed E-state index contributed by atoms with van der Waals surface area (Å²) in [6.45, 7) is 2.73. The van der Waals surface area contributed by atoms with Gasteiger partial charge in [-0.15, -0.1) is 0 Å². The van der Waals surface area contributed by atoms with E-state index in [9.17, 15) is 0 Å². The standard InChI is InChI=1S/C13H19N/c1-2-3-4-5-6-7-8-9-10-11-12-13-14/h3-6,11-12H,2,9-10,13-14H2,1H3/b4-3+,6-5+,12-11-. The van der Waals surface area contributed by atoms with Gasteiger partial charge in [-0.3, -0.25) is 0 Å². The van der Waals surface area contributed by atoms with Gasteiger partial charge in [-0.25, -0.2) is 0 Å². The van der Waals surface area contributed by atoms with E-state index in [1.807, 2.05) is 24.3 Å². The molecule has 14 heavy (non-hydrogen) atoms. The van der Waals surface area contributed by atoms with E-state index < -0.39 is 0 Å². The van der Waals surface area contributed by atoms with Crippen LogP contribution in [-0.4, -0.2) is 6.54 Å². The molecule has 0 fully saturated rings. The van der Waals surface area contributed by atoms with Crippen LogP contribution in [0.3, 0.4) is 0 Å². The van der Waals surface area contributed by atoms with Crippen LogP contribution in [0.25, 0.3) is 0 Å². The highest BCUT2D eigenvalue weighted by Crippen LogP contribution is 1.88. The lowest BCUT2D eigenvalue weighted by Crippen LogP contribution is -1.91. The van der Waals surface area contributed by atoms with E-state index in [2.05, 4.69) is 30.9 Å². The van der Waals surface area contributed by atoms with Crippen LogP contribution in [0.5, 0.6) is 0 Å². The molecule has 0 aromatic carbocycles. The van der Waals surface area contributed by atoms with E-state index in [0.29, 0.717) is 6.54 Å². The van der Waals surface area contributed by atoms with Gasteiger partial charge < -0.3 is 5.73 Å². The summed E-state index contributed by atoms with van der Waals surface area (Å²) in [6, 6.07) is 0. The van der Waals surface area contributed by atoms with Crippen LogP contribution in [0.15, 0.2) is 36.5 Å². The molecule has 0 unspecified atom stereocenters. The van der Waals surface area contributed by atoms with Gasteiger partial charge in [0, 0.05) is 13.0 Å². The summed E-state index contributed by atoms with van der Waals surface area (Å²) < 4.78 is 0. The summed E-state index contributed by atoms with van der Waals surface area (Å²) in [6.07, 6.45) is 14.9. The summed E-state index contributed by atoms with van der Waals surface area (Å²) in [5, 5.41) is 0. The van der Waals surface area contributed by atoms with Gasteiger partial charge in [-0.2, -0.15) is 0 Å². The molecule has 0 radical (unpaired) electrons. The number of nitrogens with two attached hydrogens (primary N) is 1. The molecule has 0 aromatic heterocycles. The van der Waals surface area contributed by atoms with E-state index >= 15 is 0 Å². The van der Waals surface area contributed by atoms with E-state index in [-0.39, 0.29) is 0 Å². The van der Waals surface area contributed by atoms with Crippen molar-refractivity contribution in [2.24, 2.45) is 5.73 Å². The van der Waals surface area contributed by atoms with Gasteiger partial charge in [-0.1, -0.05) is 49.1 Å². The van der Waals surface area contributed by atoms with Crippen molar-refractivity contribution in [2.45, 2.75) is 26.2 Å². The third-order valence-corrected chi connectivity index (χ3v) is 1.50. The topological polar surface area (TPSA) is 26.0 Å². The number of hydrogen-bond acceptors (Lipinski definition) is 1. The van der Waals surface area contributed by atoms with Gasteiger partial charge in [0.25, 0.3) is 0 Å². The fourth-order valence-corrected chi connectivity index (χ4v) is 0.819. The molecule has 76 valence electrons. The molecule has 0 aliphatic carbocycles. The van der Waals surface area contributed by atoms with Gasteiger partial charge >= 0.3 is 0 Å². The predicted octanol–water partition coefficient (Wildman–Crippen LogP) is 2.81. The quantitative estimate of drug-likeness (QED) is 0.306. The van der Waals surface area contributed by atoms with Crippen LogP contribution >= 0.6 is 0 Å². The molecule has 0 spiro atoms. The lowest BCUT2D eigenvalue weighted by atomic mass is 10.3. The predicted molar refractivity (Wildman–Crippen MR) is 63.8 cm³/mol. The fraction of sp³-hybridized carbons (Fsp3) is 0.385. The molecule has 0 aliphatic rings. The van der Waals surface area contributed by atoms with Gasteiger partial charge in [0.05, 0.1) is 0 Å². The van der Waals surface area contributed by atoms with Crippen LogP contribution in [0.1, 0.15) is 26.2 Å². The molecule has 0 atom stereocenters. The zero-order valence-corrected chi connectivity index (χ0v) is 8.87. The van der Waals surface area contributed by atoms with Crippen molar-refractivity contribution >= 4 is 0 Å². The highest BCUT2D eigenvalue weighted by molar-refractivity contribution is 5.19. The highest BCUT2D eigenvalue weighted by Gasteiger charge is 1.73. The summed E-state index contributed by atoms with van der Waals surface area (Å²) in [7, 11) is 0. The first-order chi connectivity index (χ1) is 6.91. The minimum Gasteiger partial charge on any atom is -0.327 e. The van der Waals surface area contributed by atoms with Crippen molar-refractivity contribution in [1.29, 1.82) is 0 Å². The number of allylic oxidation sites excluding steroid dienone is 5. The molecule has 0 saturated heterocycles. The summed E-state index contributed by atoms with van der Waals surface area (Å²) in [4.78, 5) is 0. The summed E-state index contributed by atoms with van der Waals surface area (Å²) in [5.41, 5.74) is 5.30. The Morgan fingerprint density at radius 3 is 2.71 bits per heavy atom. The Hall–Kier alpha value is -1.26. The van der Waals surface area contributed by atoms with Gasteiger partial charge in [0.2, 0.25) is 0 Å². The highest BCUT2D eigenvalue weighted by atomic mass is 14.5. The van der Waals surface area contributed by atoms with Gasteiger partial charge in [0.1, 0.15) is 0 Å². The fourth-order valence-electron chi connectivity index (χ4n) is 0.819. The first-order valence-electron chi connectivity index (χ1n) is 5.07. The van der Waals surface area contributed by atoms with Crippen LogP contribution in [0, 0.1) is 11.8 Å². The summed E-state index contributed by atoms with van der Waals surface area (Å²) >= 11 is 0. The van der Waals surface area contributed by atoms with Crippen LogP contribution in [-0.2, 0) is 0 Å². The van der Waals surface area contributed by atoms with Crippen LogP contribution in [0.2, 0.25) is 0 Å². The molecular formula is C13H19N. The first kappa shape index (κ1) is 12.7. The second kappa shape index (κ2) is 11.7. The Balaban J connectivity index is 3.48. The number of hydrogen-bond donors (Lipinski definition) is 1. The van der Waals surface area contributed by atoms with E-state index in [0.717, 1.165) is 19.3 Å². The zero-order valence-electron chi connectivity index (χ0n) is 8.87. The molecule has 0 amide bonds. The van der Waals surface area contributed by atoms with Crippen molar-refractivity contribution in [3.05, 3.63) is 36.5 Å².